The summed E-state index contributed by atoms with van der Waals surface area (Å²) < 4.78 is 4.25. The van der Waals surface area contributed by atoms with E-state index in [9.17, 15) is 9.59 Å². The molecule has 5 nitrogen and oxygen atoms in total. The lowest BCUT2D eigenvalue weighted by Gasteiger charge is -1.92. The van der Waals surface area contributed by atoms with Crippen LogP contribution in [0.2, 0.25) is 0 Å². The summed E-state index contributed by atoms with van der Waals surface area (Å²) >= 11 is 0. The molecule has 0 fully saturated rings. The Kier molecular flexibility index (Phi) is 12.1. The molecule has 78 valence electrons. The number of rotatable bonds is 5. The van der Waals surface area contributed by atoms with Gasteiger partial charge in [0.25, 0.3) is 0 Å². The van der Waals surface area contributed by atoms with Gasteiger partial charge in [-0.25, -0.2) is 0 Å². The summed E-state index contributed by atoms with van der Waals surface area (Å²) in [5.41, 5.74) is 4.82. The van der Waals surface area contributed by atoms with Crippen LogP contribution < -0.4 is 5.73 Å². The van der Waals surface area contributed by atoms with Gasteiger partial charge in [0.2, 0.25) is 5.91 Å². The van der Waals surface area contributed by atoms with Crippen molar-refractivity contribution in [3.05, 3.63) is 0 Å². The van der Waals surface area contributed by atoms with Crippen LogP contribution in [0.3, 0.4) is 0 Å². The molecule has 0 heterocycles. The van der Waals surface area contributed by atoms with E-state index in [1.54, 1.807) is 14.2 Å². The standard InChI is InChI=1S/C6H11NO3.C2H6O/c7-5(8)3-1-2-4-6(9)10;1-3-2/h1-4H2,(H2,7,8)(H,9,10);1-2H3. The number of amides is 1. The summed E-state index contributed by atoms with van der Waals surface area (Å²) in [6, 6.07) is 0. The Morgan fingerprint density at radius 3 is 1.92 bits per heavy atom. The minimum absolute atomic E-state index is 0.118. The van der Waals surface area contributed by atoms with Crippen molar-refractivity contribution in [3.8, 4) is 0 Å². The summed E-state index contributed by atoms with van der Waals surface area (Å²) in [7, 11) is 3.25. The minimum Gasteiger partial charge on any atom is -0.481 e. The van der Waals surface area contributed by atoms with Crippen molar-refractivity contribution in [2.24, 2.45) is 5.73 Å². The van der Waals surface area contributed by atoms with E-state index < -0.39 is 5.97 Å². The molecule has 0 bridgehead atoms. The average molecular weight is 191 g/mol. The van der Waals surface area contributed by atoms with Crippen molar-refractivity contribution in [1.82, 2.24) is 0 Å². The average Bonchev–Trinajstić information content (AvgIpc) is 1.99. The molecule has 0 aliphatic rings. The van der Waals surface area contributed by atoms with Crippen LogP contribution in [0.15, 0.2) is 0 Å². The number of hydrogen-bond donors (Lipinski definition) is 2. The van der Waals surface area contributed by atoms with Gasteiger partial charge >= 0.3 is 5.97 Å². The van der Waals surface area contributed by atoms with E-state index in [4.69, 9.17) is 10.8 Å². The van der Waals surface area contributed by atoms with Gasteiger partial charge in [-0.1, -0.05) is 0 Å². The maximum atomic E-state index is 10.1. The Hall–Kier alpha value is -1.10. The first kappa shape index (κ1) is 14.4. The van der Waals surface area contributed by atoms with Gasteiger partial charge in [-0.3, -0.25) is 9.59 Å². The van der Waals surface area contributed by atoms with Crippen LogP contribution >= 0.6 is 0 Å². The fourth-order valence-electron chi connectivity index (χ4n) is 0.575. The Balaban J connectivity index is 0. The second-order valence-electron chi connectivity index (χ2n) is 2.48. The molecule has 0 rings (SSSR count). The molecule has 0 aromatic heterocycles. The number of ether oxygens (including phenoxy) is 1. The first-order chi connectivity index (χ1) is 6.04. The molecular weight excluding hydrogens is 174 g/mol. The molecule has 1 amide bonds. The molecule has 0 unspecified atom stereocenters. The highest BCUT2D eigenvalue weighted by molar-refractivity contribution is 5.73. The van der Waals surface area contributed by atoms with Crippen LogP contribution in [0.25, 0.3) is 0 Å². The van der Waals surface area contributed by atoms with Gasteiger partial charge in [0.1, 0.15) is 0 Å². The Morgan fingerprint density at radius 1 is 1.23 bits per heavy atom. The van der Waals surface area contributed by atoms with E-state index in [1.165, 1.54) is 0 Å². The fraction of sp³-hybridized carbons (Fsp3) is 0.750. The molecule has 0 saturated carbocycles. The largest absolute Gasteiger partial charge is 0.481 e. The van der Waals surface area contributed by atoms with Gasteiger partial charge in [0.15, 0.2) is 0 Å². The maximum absolute atomic E-state index is 10.1. The Bertz CT molecular complexity index is 131. The van der Waals surface area contributed by atoms with Gasteiger partial charge in [-0.2, -0.15) is 0 Å². The number of carbonyl (C=O) groups excluding carboxylic acids is 1. The molecule has 0 atom stereocenters. The smallest absolute Gasteiger partial charge is 0.303 e. The number of methoxy groups -OCH3 is 1. The van der Waals surface area contributed by atoms with Crippen LogP contribution in [0.1, 0.15) is 25.7 Å². The summed E-state index contributed by atoms with van der Waals surface area (Å²) in [4.78, 5) is 20.0. The number of carboxylic acids is 1. The topological polar surface area (TPSA) is 89.6 Å². The SMILES string of the molecule is COC.NC(=O)CCCCC(=O)O. The van der Waals surface area contributed by atoms with E-state index in [1.807, 2.05) is 0 Å². The normalized spacial score (nSPS) is 8.46. The van der Waals surface area contributed by atoms with Gasteiger partial charge in [-0.05, 0) is 12.8 Å². The van der Waals surface area contributed by atoms with Crippen molar-refractivity contribution in [2.75, 3.05) is 14.2 Å². The number of aliphatic carboxylic acids is 1. The highest BCUT2D eigenvalue weighted by Crippen LogP contribution is 1.97. The molecule has 13 heavy (non-hydrogen) atoms. The lowest BCUT2D eigenvalue weighted by molar-refractivity contribution is -0.137. The quantitative estimate of drug-likeness (QED) is 0.615. The molecule has 0 aromatic carbocycles. The maximum Gasteiger partial charge on any atom is 0.303 e. The van der Waals surface area contributed by atoms with Crippen LogP contribution in [0, 0.1) is 0 Å². The Morgan fingerprint density at radius 2 is 1.62 bits per heavy atom. The third-order valence-electron chi connectivity index (χ3n) is 1.06. The van der Waals surface area contributed by atoms with E-state index in [2.05, 4.69) is 4.74 Å². The van der Waals surface area contributed by atoms with E-state index in [0.717, 1.165) is 0 Å². The zero-order valence-electron chi connectivity index (χ0n) is 8.08. The lowest BCUT2D eigenvalue weighted by Crippen LogP contribution is -2.09. The van der Waals surface area contributed by atoms with E-state index >= 15 is 0 Å². The van der Waals surface area contributed by atoms with Crippen LogP contribution in [0.4, 0.5) is 0 Å². The number of carboxylic acid groups (broad SMARTS) is 1. The van der Waals surface area contributed by atoms with Gasteiger partial charge in [0.05, 0.1) is 0 Å². The third-order valence-corrected chi connectivity index (χ3v) is 1.06. The molecule has 0 aliphatic carbocycles. The van der Waals surface area contributed by atoms with Crippen molar-refractivity contribution in [1.29, 1.82) is 0 Å². The van der Waals surface area contributed by atoms with Gasteiger partial charge < -0.3 is 15.6 Å². The first-order valence-corrected chi connectivity index (χ1v) is 3.94. The van der Waals surface area contributed by atoms with Crippen molar-refractivity contribution < 1.29 is 19.4 Å². The minimum atomic E-state index is -0.829. The van der Waals surface area contributed by atoms with Crippen LogP contribution in [0.5, 0.6) is 0 Å². The highest BCUT2D eigenvalue weighted by Gasteiger charge is 1.97. The highest BCUT2D eigenvalue weighted by atomic mass is 16.4. The number of carbonyl (C=O) groups is 2. The molecule has 3 N–H and O–H groups in total. The molecule has 0 aromatic rings. The second-order valence-corrected chi connectivity index (χ2v) is 2.48. The van der Waals surface area contributed by atoms with Crippen LogP contribution in [-0.2, 0) is 14.3 Å². The fourth-order valence-corrected chi connectivity index (χ4v) is 0.575. The summed E-state index contributed by atoms with van der Waals surface area (Å²) in [6.45, 7) is 0. The monoisotopic (exact) mass is 191 g/mol. The predicted octanol–water partition coefficient (Wildman–Crippen LogP) is 0.379. The molecule has 0 radical (unpaired) electrons. The Labute approximate surface area is 77.9 Å². The summed E-state index contributed by atoms with van der Waals surface area (Å²) in [5.74, 6) is -1.20. The molecule has 5 heteroatoms. The van der Waals surface area contributed by atoms with Gasteiger partial charge in [0, 0.05) is 27.1 Å². The van der Waals surface area contributed by atoms with Crippen molar-refractivity contribution >= 4 is 11.9 Å². The van der Waals surface area contributed by atoms with Gasteiger partial charge in [-0.15, -0.1) is 0 Å². The zero-order chi connectivity index (χ0) is 10.7. The summed E-state index contributed by atoms with van der Waals surface area (Å²) in [5, 5.41) is 8.16. The molecule has 0 aliphatic heterocycles. The lowest BCUT2D eigenvalue weighted by atomic mass is 10.2. The van der Waals surface area contributed by atoms with E-state index in [-0.39, 0.29) is 18.7 Å². The number of unbranched alkanes of at least 4 members (excludes halogenated alkanes) is 1. The first-order valence-electron chi connectivity index (χ1n) is 3.94. The predicted molar refractivity (Wildman–Crippen MR) is 48.2 cm³/mol. The number of nitrogens with two attached hydrogens (primary N) is 1. The third kappa shape index (κ3) is 24.8. The molecule has 0 saturated heterocycles. The van der Waals surface area contributed by atoms with Crippen LogP contribution in [-0.4, -0.2) is 31.2 Å². The molecule has 0 spiro atoms. The summed E-state index contributed by atoms with van der Waals surface area (Å²) in [6.07, 6.45) is 1.50. The number of hydrogen-bond acceptors (Lipinski definition) is 3. The van der Waals surface area contributed by atoms with Crippen molar-refractivity contribution in [3.63, 3.8) is 0 Å². The zero-order valence-corrected chi connectivity index (χ0v) is 8.08. The van der Waals surface area contributed by atoms with E-state index in [0.29, 0.717) is 12.8 Å². The molecular formula is C8H17NO4. The van der Waals surface area contributed by atoms with Crippen molar-refractivity contribution in [2.45, 2.75) is 25.7 Å². The second kappa shape index (κ2) is 10.9. The number of primary amides is 1.